The van der Waals surface area contributed by atoms with Gasteiger partial charge in [0.05, 0.1) is 11.8 Å². The highest BCUT2D eigenvalue weighted by Crippen LogP contribution is 2.22. The molecule has 3 rings (SSSR count). The Kier molecular flexibility index (Phi) is 9.04. The van der Waals surface area contributed by atoms with Gasteiger partial charge in [-0.1, -0.05) is 13.8 Å². The van der Waals surface area contributed by atoms with Crippen LogP contribution in [0.15, 0.2) is 29.6 Å². The summed E-state index contributed by atoms with van der Waals surface area (Å²) in [7, 11) is 0. The van der Waals surface area contributed by atoms with Crippen molar-refractivity contribution < 1.29 is 14.3 Å². The number of nitrogens with zero attached hydrogens (tertiary/aromatic N) is 3. The average Bonchev–Trinajstić information content (AvgIpc) is 3.30. The average molecular weight is 471 g/mol. The van der Waals surface area contributed by atoms with Gasteiger partial charge in [-0.15, -0.1) is 11.3 Å². The number of hydrogen-bond donors (Lipinski definition) is 3. The minimum Gasteiger partial charge on any atom is -0.487 e. The lowest BCUT2D eigenvalue weighted by Crippen LogP contribution is -2.47. The topological polar surface area (TPSA) is 119 Å². The number of nitriles is 1. The maximum atomic E-state index is 12.6. The third-order valence-electron chi connectivity index (χ3n) is 5.10. The Hall–Kier alpha value is -3.16. The molecule has 176 valence electrons. The van der Waals surface area contributed by atoms with Gasteiger partial charge in [0.15, 0.2) is 5.13 Å². The number of piperazine rings is 1. The highest BCUT2D eigenvalue weighted by Gasteiger charge is 2.22. The summed E-state index contributed by atoms with van der Waals surface area (Å²) in [4.78, 5) is 31.8. The summed E-state index contributed by atoms with van der Waals surface area (Å²) in [5, 5.41) is 20.3. The van der Waals surface area contributed by atoms with Gasteiger partial charge >= 0.3 is 0 Å². The molecule has 0 radical (unpaired) electrons. The van der Waals surface area contributed by atoms with E-state index in [0.29, 0.717) is 24.3 Å². The highest BCUT2D eigenvalue weighted by molar-refractivity contribution is 7.13. The quantitative estimate of drug-likeness (QED) is 0.454. The normalized spacial score (nSPS) is 14.4. The molecule has 1 atom stereocenters. The minimum atomic E-state index is -0.698. The van der Waals surface area contributed by atoms with Crippen LogP contribution >= 0.6 is 11.3 Å². The second-order valence-corrected chi connectivity index (χ2v) is 9.04. The fraction of sp³-hybridized carbons (Fsp3) is 0.478. The summed E-state index contributed by atoms with van der Waals surface area (Å²) < 4.78 is 5.83. The number of ether oxygens (including phenoxy) is 1. The molecule has 0 spiro atoms. The van der Waals surface area contributed by atoms with Crippen LogP contribution in [0, 0.1) is 17.2 Å². The largest absolute Gasteiger partial charge is 0.487 e. The molecule has 1 aromatic heterocycles. The van der Waals surface area contributed by atoms with E-state index >= 15 is 0 Å². The summed E-state index contributed by atoms with van der Waals surface area (Å²) in [6, 6.07) is 7.96. The molecule has 2 aromatic rings. The van der Waals surface area contributed by atoms with Crippen molar-refractivity contribution in [3.63, 3.8) is 0 Å². The summed E-state index contributed by atoms with van der Waals surface area (Å²) in [5.74, 6) is 0.131. The molecular formula is C23H30N6O3S. The van der Waals surface area contributed by atoms with Crippen LogP contribution in [0.2, 0.25) is 0 Å². The monoisotopic (exact) mass is 470 g/mol. The van der Waals surface area contributed by atoms with E-state index in [1.54, 1.807) is 35.6 Å². The second-order valence-electron chi connectivity index (χ2n) is 8.20. The van der Waals surface area contributed by atoms with Gasteiger partial charge in [-0.3, -0.25) is 9.59 Å². The predicted octanol–water partition coefficient (Wildman–Crippen LogP) is 1.92. The molecule has 10 heteroatoms. The lowest BCUT2D eigenvalue weighted by Gasteiger charge is -2.26. The van der Waals surface area contributed by atoms with Gasteiger partial charge in [-0.25, -0.2) is 4.98 Å². The van der Waals surface area contributed by atoms with E-state index < -0.39 is 6.04 Å². The molecule has 0 saturated carbocycles. The lowest BCUT2D eigenvalue weighted by atomic mass is 10.0. The number of benzene rings is 1. The van der Waals surface area contributed by atoms with Crippen LogP contribution in [0.25, 0.3) is 0 Å². The summed E-state index contributed by atoms with van der Waals surface area (Å²) in [5.41, 5.74) is 1.30. The van der Waals surface area contributed by atoms with Gasteiger partial charge < -0.3 is 25.6 Å². The number of thiazole rings is 1. The Morgan fingerprint density at radius 2 is 2.00 bits per heavy atom. The first-order valence-electron chi connectivity index (χ1n) is 11.0. The third-order valence-corrected chi connectivity index (χ3v) is 6.05. The van der Waals surface area contributed by atoms with Gasteiger partial charge in [-0.05, 0) is 36.6 Å². The Labute approximate surface area is 198 Å². The molecule has 1 fully saturated rings. The summed E-state index contributed by atoms with van der Waals surface area (Å²) in [6.45, 7) is 8.04. The molecule has 1 aliphatic heterocycles. The number of hydrogen-bond acceptors (Lipinski definition) is 8. The van der Waals surface area contributed by atoms with Crippen LogP contribution in [0.3, 0.4) is 0 Å². The van der Waals surface area contributed by atoms with E-state index in [0.717, 1.165) is 37.0 Å². The van der Waals surface area contributed by atoms with E-state index in [4.69, 9.17) is 10.00 Å². The van der Waals surface area contributed by atoms with Gasteiger partial charge in [0.25, 0.3) is 5.91 Å². The molecule has 0 aliphatic carbocycles. The first-order valence-corrected chi connectivity index (χ1v) is 11.9. The number of aromatic nitrogens is 1. The smallest absolute Gasteiger partial charge is 0.251 e. The maximum absolute atomic E-state index is 12.6. The first-order chi connectivity index (χ1) is 16.0. The lowest BCUT2D eigenvalue weighted by molar-refractivity contribution is -0.123. The molecule has 1 aromatic carbocycles. The van der Waals surface area contributed by atoms with Crippen LogP contribution in [0.1, 0.15) is 36.3 Å². The molecule has 3 N–H and O–H groups in total. The van der Waals surface area contributed by atoms with Crippen molar-refractivity contribution in [3.05, 3.63) is 40.9 Å². The minimum absolute atomic E-state index is 0.0922. The van der Waals surface area contributed by atoms with Crippen molar-refractivity contribution in [2.24, 2.45) is 5.92 Å². The van der Waals surface area contributed by atoms with Crippen LogP contribution in [0.5, 0.6) is 5.75 Å². The fourth-order valence-electron chi connectivity index (χ4n) is 3.42. The Morgan fingerprint density at radius 1 is 1.27 bits per heavy atom. The molecule has 33 heavy (non-hydrogen) atoms. The SMILES string of the molecule is CC(C)C[C@H](NC(=O)c1ccc(OCc2csc(N3CCNCC3)n2)cc1)C(=O)NCC#N. The van der Waals surface area contributed by atoms with E-state index in [9.17, 15) is 9.59 Å². The molecule has 1 saturated heterocycles. The number of amides is 2. The van der Waals surface area contributed by atoms with Gasteiger partial charge in [0, 0.05) is 37.1 Å². The zero-order valence-electron chi connectivity index (χ0n) is 19.0. The van der Waals surface area contributed by atoms with Crippen LogP contribution in [-0.4, -0.2) is 55.6 Å². The molecule has 2 heterocycles. The number of rotatable bonds is 10. The number of anilines is 1. The summed E-state index contributed by atoms with van der Waals surface area (Å²) in [6.07, 6.45) is 0.480. The molecule has 0 bridgehead atoms. The molecule has 1 aliphatic rings. The van der Waals surface area contributed by atoms with Crippen molar-refractivity contribution in [1.82, 2.24) is 20.9 Å². The Bertz CT molecular complexity index is 963. The molecule has 0 unspecified atom stereocenters. The maximum Gasteiger partial charge on any atom is 0.251 e. The van der Waals surface area contributed by atoms with Crippen LogP contribution in [-0.2, 0) is 11.4 Å². The van der Waals surface area contributed by atoms with E-state index in [1.165, 1.54) is 0 Å². The Morgan fingerprint density at radius 3 is 2.67 bits per heavy atom. The molecular weight excluding hydrogens is 440 g/mol. The van der Waals surface area contributed by atoms with Crippen LogP contribution < -0.4 is 25.6 Å². The van der Waals surface area contributed by atoms with E-state index in [-0.39, 0.29) is 24.3 Å². The van der Waals surface area contributed by atoms with Crippen molar-refractivity contribution in [2.75, 3.05) is 37.6 Å². The Balaban J connectivity index is 1.53. The number of nitrogens with one attached hydrogen (secondary N) is 3. The van der Waals surface area contributed by atoms with E-state index in [2.05, 4.69) is 25.8 Å². The van der Waals surface area contributed by atoms with Crippen LogP contribution in [0.4, 0.5) is 5.13 Å². The standard InChI is InChI=1S/C23H30N6O3S/c1-16(2)13-20(22(31)26-8-7-24)28-21(30)17-3-5-19(6-4-17)32-14-18-15-33-23(27-18)29-11-9-25-10-12-29/h3-6,15-16,20,25H,8-14H2,1-2H3,(H,26,31)(H,28,30)/t20-/m0/s1. The van der Waals surface area contributed by atoms with Gasteiger partial charge in [0.2, 0.25) is 5.91 Å². The first kappa shape index (κ1) is 24.5. The van der Waals surface area contributed by atoms with Crippen molar-refractivity contribution in [2.45, 2.75) is 32.9 Å². The van der Waals surface area contributed by atoms with Gasteiger partial charge in [0.1, 0.15) is 24.9 Å². The highest BCUT2D eigenvalue weighted by atomic mass is 32.1. The number of carbonyl (C=O) groups is 2. The molecule has 2 amide bonds. The summed E-state index contributed by atoms with van der Waals surface area (Å²) >= 11 is 1.62. The molecule has 9 nitrogen and oxygen atoms in total. The van der Waals surface area contributed by atoms with Crippen molar-refractivity contribution >= 4 is 28.3 Å². The van der Waals surface area contributed by atoms with Gasteiger partial charge in [-0.2, -0.15) is 5.26 Å². The van der Waals surface area contributed by atoms with Crippen molar-refractivity contribution in [1.29, 1.82) is 5.26 Å². The number of carbonyl (C=O) groups excluding carboxylic acids is 2. The van der Waals surface area contributed by atoms with Crippen molar-refractivity contribution in [3.8, 4) is 11.8 Å². The third kappa shape index (κ3) is 7.44. The zero-order chi connectivity index (χ0) is 23.6. The second kappa shape index (κ2) is 12.2. The fourth-order valence-corrected chi connectivity index (χ4v) is 4.28. The van der Waals surface area contributed by atoms with E-state index in [1.807, 2.05) is 25.3 Å². The zero-order valence-corrected chi connectivity index (χ0v) is 19.8. The predicted molar refractivity (Wildman–Crippen MR) is 127 cm³/mol.